The van der Waals surface area contributed by atoms with E-state index in [-0.39, 0.29) is 11.5 Å². The minimum Gasteiger partial charge on any atom is -0.481 e. The third-order valence-corrected chi connectivity index (χ3v) is 4.07. The summed E-state index contributed by atoms with van der Waals surface area (Å²) < 4.78 is 5.67. The molecule has 1 saturated carbocycles. The minimum absolute atomic E-state index is 0.0658. The van der Waals surface area contributed by atoms with Gasteiger partial charge in [0.2, 0.25) is 0 Å². The van der Waals surface area contributed by atoms with Crippen LogP contribution in [0.5, 0.6) is 0 Å². The number of nitrogens with zero attached hydrogens (tertiary/aromatic N) is 1. The van der Waals surface area contributed by atoms with Gasteiger partial charge in [-0.3, -0.25) is 9.69 Å². The van der Waals surface area contributed by atoms with E-state index in [0.717, 1.165) is 39.0 Å². The zero-order chi connectivity index (χ0) is 12.5. The van der Waals surface area contributed by atoms with Crippen LogP contribution in [-0.4, -0.2) is 47.8 Å². The Kier molecular flexibility index (Phi) is 3.73. The maximum absolute atomic E-state index is 10.9. The zero-order valence-corrected chi connectivity index (χ0v) is 10.8. The Morgan fingerprint density at radius 3 is 2.76 bits per heavy atom. The van der Waals surface area contributed by atoms with Crippen molar-refractivity contribution in [3.8, 4) is 0 Å². The predicted octanol–water partition coefficient (Wildman–Crippen LogP) is 1.74. The summed E-state index contributed by atoms with van der Waals surface area (Å²) >= 11 is 0. The third kappa shape index (κ3) is 3.19. The highest BCUT2D eigenvalue weighted by molar-refractivity contribution is 5.68. The van der Waals surface area contributed by atoms with Crippen LogP contribution in [0, 0.1) is 5.41 Å². The lowest BCUT2D eigenvalue weighted by molar-refractivity contribution is -0.139. The smallest absolute Gasteiger partial charge is 0.303 e. The molecule has 2 fully saturated rings. The van der Waals surface area contributed by atoms with Crippen molar-refractivity contribution < 1.29 is 14.6 Å². The highest BCUT2D eigenvalue weighted by Gasteiger charge is 2.46. The van der Waals surface area contributed by atoms with Crippen molar-refractivity contribution in [2.24, 2.45) is 5.41 Å². The summed E-state index contributed by atoms with van der Waals surface area (Å²) in [6, 6.07) is 0.470. The molecule has 0 radical (unpaired) electrons. The van der Waals surface area contributed by atoms with Crippen LogP contribution in [0.1, 0.15) is 39.5 Å². The summed E-state index contributed by atoms with van der Waals surface area (Å²) in [6.45, 7) is 6.94. The lowest BCUT2D eigenvalue weighted by Crippen LogP contribution is -2.50. The lowest BCUT2D eigenvalue weighted by atomic mass is 9.99. The van der Waals surface area contributed by atoms with Crippen LogP contribution >= 0.6 is 0 Å². The number of morpholine rings is 1. The van der Waals surface area contributed by atoms with Crippen molar-refractivity contribution >= 4 is 5.97 Å². The van der Waals surface area contributed by atoms with Crippen LogP contribution in [0.15, 0.2) is 0 Å². The van der Waals surface area contributed by atoms with Crippen molar-refractivity contribution in [3.63, 3.8) is 0 Å². The second kappa shape index (κ2) is 4.94. The average Bonchev–Trinajstić information content (AvgIpc) is 2.97. The van der Waals surface area contributed by atoms with E-state index >= 15 is 0 Å². The molecule has 4 heteroatoms. The van der Waals surface area contributed by atoms with Crippen LogP contribution in [0.3, 0.4) is 0 Å². The number of hydrogen-bond donors (Lipinski definition) is 1. The Bertz CT molecular complexity index is 288. The molecule has 0 aromatic rings. The van der Waals surface area contributed by atoms with Crippen LogP contribution in [-0.2, 0) is 9.53 Å². The van der Waals surface area contributed by atoms with Crippen molar-refractivity contribution in [2.45, 2.75) is 51.7 Å². The summed E-state index contributed by atoms with van der Waals surface area (Å²) in [7, 11) is 0. The van der Waals surface area contributed by atoms with Gasteiger partial charge in [-0.25, -0.2) is 0 Å². The molecular formula is C13H23NO3. The highest BCUT2D eigenvalue weighted by atomic mass is 16.5. The molecule has 0 amide bonds. The van der Waals surface area contributed by atoms with E-state index < -0.39 is 5.97 Å². The van der Waals surface area contributed by atoms with Gasteiger partial charge in [0.15, 0.2) is 0 Å². The van der Waals surface area contributed by atoms with E-state index in [1.165, 1.54) is 0 Å². The quantitative estimate of drug-likeness (QED) is 0.796. The van der Waals surface area contributed by atoms with E-state index in [0.29, 0.717) is 12.5 Å². The summed E-state index contributed by atoms with van der Waals surface area (Å²) in [6.07, 6.45) is 3.83. The maximum atomic E-state index is 10.9. The molecule has 2 atom stereocenters. The Labute approximate surface area is 103 Å². The molecule has 0 bridgehead atoms. The van der Waals surface area contributed by atoms with Crippen LogP contribution in [0.4, 0.5) is 0 Å². The Morgan fingerprint density at radius 2 is 2.24 bits per heavy atom. The summed E-state index contributed by atoms with van der Waals surface area (Å²) in [5.74, 6) is -0.656. The van der Waals surface area contributed by atoms with Gasteiger partial charge in [0.05, 0.1) is 19.1 Å². The second-order valence-corrected chi connectivity index (χ2v) is 5.71. The lowest BCUT2D eigenvalue weighted by Gasteiger charge is -2.40. The molecule has 1 aliphatic carbocycles. The monoisotopic (exact) mass is 241 g/mol. The van der Waals surface area contributed by atoms with Crippen molar-refractivity contribution in [1.29, 1.82) is 0 Å². The predicted molar refractivity (Wildman–Crippen MR) is 65.0 cm³/mol. The number of aliphatic carboxylic acids is 1. The summed E-state index contributed by atoms with van der Waals surface area (Å²) in [5.41, 5.74) is 0.0658. The van der Waals surface area contributed by atoms with E-state index in [4.69, 9.17) is 9.84 Å². The Hall–Kier alpha value is -0.610. The van der Waals surface area contributed by atoms with E-state index in [9.17, 15) is 4.79 Å². The average molecular weight is 241 g/mol. The van der Waals surface area contributed by atoms with Crippen molar-refractivity contribution in [1.82, 2.24) is 4.90 Å². The van der Waals surface area contributed by atoms with Crippen LogP contribution < -0.4 is 0 Å². The molecule has 2 unspecified atom stereocenters. The third-order valence-electron chi connectivity index (χ3n) is 4.07. The normalized spacial score (nSPS) is 32.4. The molecule has 2 aliphatic rings. The first-order valence-corrected chi connectivity index (χ1v) is 6.62. The number of carboxylic acid groups (broad SMARTS) is 1. The summed E-state index contributed by atoms with van der Waals surface area (Å²) in [4.78, 5) is 13.3. The van der Waals surface area contributed by atoms with Gasteiger partial charge in [-0.05, 0) is 31.6 Å². The SMILES string of the molecule is CCC1COC(C)CN1CC1(CC(=O)O)CC1. The molecular weight excluding hydrogens is 218 g/mol. The van der Waals surface area contributed by atoms with Gasteiger partial charge in [0.1, 0.15) is 0 Å². The van der Waals surface area contributed by atoms with E-state index in [1.54, 1.807) is 0 Å². The Morgan fingerprint density at radius 1 is 1.53 bits per heavy atom. The van der Waals surface area contributed by atoms with Gasteiger partial charge in [0.25, 0.3) is 0 Å². The number of ether oxygens (including phenoxy) is 1. The molecule has 4 nitrogen and oxygen atoms in total. The number of rotatable bonds is 5. The van der Waals surface area contributed by atoms with Crippen molar-refractivity contribution in [3.05, 3.63) is 0 Å². The largest absolute Gasteiger partial charge is 0.481 e. The fraction of sp³-hybridized carbons (Fsp3) is 0.923. The minimum atomic E-state index is -0.656. The van der Waals surface area contributed by atoms with Crippen LogP contribution in [0.2, 0.25) is 0 Å². The second-order valence-electron chi connectivity index (χ2n) is 5.71. The molecule has 0 aromatic carbocycles. The van der Waals surface area contributed by atoms with Gasteiger partial charge in [-0.15, -0.1) is 0 Å². The van der Waals surface area contributed by atoms with E-state index in [2.05, 4.69) is 18.7 Å². The number of carbonyl (C=O) groups is 1. The first kappa shape index (κ1) is 12.8. The summed E-state index contributed by atoms with van der Waals surface area (Å²) in [5, 5.41) is 8.95. The highest BCUT2D eigenvalue weighted by Crippen LogP contribution is 2.49. The molecule has 1 saturated heterocycles. The molecule has 0 aromatic heterocycles. The molecule has 17 heavy (non-hydrogen) atoms. The first-order chi connectivity index (χ1) is 8.04. The molecule has 2 rings (SSSR count). The van der Waals surface area contributed by atoms with Gasteiger partial charge >= 0.3 is 5.97 Å². The zero-order valence-electron chi connectivity index (χ0n) is 10.8. The fourth-order valence-electron chi connectivity index (χ4n) is 2.80. The molecule has 0 spiro atoms. The van der Waals surface area contributed by atoms with E-state index in [1.807, 2.05) is 0 Å². The van der Waals surface area contributed by atoms with Gasteiger partial charge in [0, 0.05) is 19.1 Å². The molecule has 1 heterocycles. The van der Waals surface area contributed by atoms with Crippen molar-refractivity contribution in [2.75, 3.05) is 19.7 Å². The van der Waals surface area contributed by atoms with Gasteiger partial charge in [-0.2, -0.15) is 0 Å². The number of hydrogen-bond acceptors (Lipinski definition) is 3. The maximum Gasteiger partial charge on any atom is 0.303 e. The Balaban J connectivity index is 1.93. The molecule has 1 aliphatic heterocycles. The first-order valence-electron chi connectivity index (χ1n) is 6.62. The fourth-order valence-corrected chi connectivity index (χ4v) is 2.80. The molecule has 98 valence electrons. The van der Waals surface area contributed by atoms with Crippen LogP contribution in [0.25, 0.3) is 0 Å². The number of carboxylic acids is 1. The van der Waals surface area contributed by atoms with Gasteiger partial charge < -0.3 is 9.84 Å². The topological polar surface area (TPSA) is 49.8 Å². The standard InChI is InChI=1S/C13H23NO3/c1-3-11-8-17-10(2)7-14(11)9-13(4-5-13)6-12(15)16/h10-11H,3-9H2,1-2H3,(H,15,16). The van der Waals surface area contributed by atoms with Gasteiger partial charge in [-0.1, -0.05) is 6.92 Å². The molecule has 1 N–H and O–H groups in total.